The number of carbonyl (C=O) groups excluding carboxylic acids is 3. The number of halogens is 3. The highest BCUT2D eigenvalue weighted by atomic mass is 79.9. The summed E-state index contributed by atoms with van der Waals surface area (Å²) in [6, 6.07) is 13.7. The van der Waals surface area contributed by atoms with E-state index in [1.807, 2.05) is 30.5 Å². The number of likely N-dealkylation sites (N-methyl/N-ethyl adjacent to an activating group) is 1. The third-order valence-corrected chi connectivity index (χ3v) is 8.47. The highest BCUT2D eigenvalue weighted by Gasteiger charge is 2.20. The van der Waals surface area contributed by atoms with Gasteiger partial charge in [0.15, 0.2) is 11.4 Å². The molecule has 10 nitrogen and oxygen atoms in total. The van der Waals surface area contributed by atoms with Gasteiger partial charge < -0.3 is 25.0 Å². The molecule has 2 heterocycles. The number of carbonyl (C=O) groups is 3. The van der Waals surface area contributed by atoms with E-state index in [0.717, 1.165) is 10.3 Å². The molecular weight excluding hydrogens is 685 g/mol. The van der Waals surface area contributed by atoms with Crippen molar-refractivity contribution in [3.05, 3.63) is 97.8 Å². The fourth-order valence-corrected chi connectivity index (χ4v) is 5.22. The molecular formula is C32H32BrCl2N5O5. The first kappa shape index (κ1) is 34.0. The molecule has 0 aliphatic rings. The van der Waals surface area contributed by atoms with Gasteiger partial charge >= 0.3 is 0 Å². The molecule has 13 heteroatoms. The van der Waals surface area contributed by atoms with Crippen molar-refractivity contribution in [3.8, 4) is 5.75 Å². The number of benzene rings is 2. The average molecular weight is 717 g/mol. The lowest BCUT2D eigenvalue weighted by molar-refractivity contribution is -0.122. The van der Waals surface area contributed by atoms with E-state index in [1.54, 1.807) is 55.6 Å². The number of nitrogens with zero attached hydrogens (tertiary/aromatic N) is 3. The number of rotatable bonds is 13. The number of pyridine rings is 1. The molecule has 4 rings (SSSR count). The van der Waals surface area contributed by atoms with Gasteiger partial charge in [-0.3, -0.25) is 18.8 Å². The molecule has 0 fully saturated rings. The fourth-order valence-electron chi connectivity index (χ4n) is 4.24. The van der Waals surface area contributed by atoms with Crippen LogP contribution in [-0.2, 0) is 20.9 Å². The van der Waals surface area contributed by atoms with Crippen molar-refractivity contribution in [2.24, 2.45) is 0 Å². The van der Waals surface area contributed by atoms with E-state index in [1.165, 1.54) is 11.0 Å². The van der Waals surface area contributed by atoms with Crippen molar-refractivity contribution < 1.29 is 23.9 Å². The van der Waals surface area contributed by atoms with Crippen LogP contribution >= 0.6 is 39.1 Å². The van der Waals surface area contributed by atoms with Crippen LogP contribution in [0.1, 0.15) is 34.1 Å². The highest BCUT2D eigenvalue weighted by Crippen LogP contribution is 2.35. The standard InChI is InChI=1S/C32H32BrCl2N5O5/c1-4-44-17-15-36-32(43)22-10-7-21(8-11-22)9-14-27(41)37-18-28(42)39(3)25-13-12-24(34)23(29(25)35)19-45-26-6-5-16-40-30(33)20(2)38-31(26)40/h5-14,16H,4,15,17-19H2,1-3H3,(H,36,43)(H,37,41). The van der Waals surface area contributed by atoms with Crippen molar-refractivity contribution in [2.45, 2.75) is 20.5 Å². The maximum absolute atomic E-state index is 12.9. The van der Waals surface area contributed by atoms with E-state index in [2.05, 4.69) is 31.5 Å². The molecule has 0 aliphatic carbocycles. The molecule has 0 aliphatic heterocycles. The predicted molar refractivity (Wildman–Crippen MR) is 179 cm³/mol. The van der Waals surface area contributed by atoms with E-state index in [4.69, 9.17) is 32.7 Å². The molecule has 236 valence electrons. The van der Waals surface area contributed by atoms with Gasteiger partial charge in [0.2, 0.25) is 11.8 Å². The van der Waals surface area contributed by atoms with E-state index < -0.39 is 11.8 Å². The Labute approximate surface area is 279 Å². The second-order valence-corrected chi connectivity index (χ2v) is 11.3. The van der Waals surface area contributed by atoms with Gasteiger partial charge in [-0.25, -0.2) is 4.98 Å². The van der Waals surface area contributed by atoms with Gasteiger partial charge in [-0.15, -0.1) is 0 Å². The van der Waals surface area contributed by atoms with Crippen molar-refractivity contribution in [2.75, 3.05) is 38.3 Å². The molecule has 0 radical (unpaired) electrons. The lowest BCUT2D eigenvalue weighted by Gasteiger charge is -2.21. The second-order valence-electron chi connectivity index (χ2n) is 9.78. The molecule has 0 bridgehead atoms. The van der Waals surface area contributed by atoms with Gasteiger partial charge in [0.25, 0.3) is 5.91 Å². The maximum atomic E-state index is 12.9. The van der Waals surface area contributed by atoms with Crippen LogP contribution in [0.5, 0.6) is 5.75 Å². The summed E-state index contributed by atoms with van der Waals surface area (Å²) < 4.78 is 14.0. The van der Waals surface area contributed by atoms with Crippen LogP contribution < -0.4 is 20.3 Å². The largest absolute Gasteiger partial charge is 0.485 e. The predicted octanol–water partition coefficient (Wildman–Crippen LogP) is 5.85. The van der Waals surface area contributed by atoms with Crippen LogP contribution in [0, 0.1) is 6.92 Å². The third-order valence-electron chi connectivity index (χ3n) is 6.74. The van der Waals surface area contributed by atoms with E-state index in [9.17, 15) is 14.4 Å². The lowest BCUT2D eigenvalue weighted by Crippen LogP contribution is -2.37. The minimum absolute atomic E-state index is 0.0395. The summed E-state index contributed by atoms with van der Waals surface area (Å²) in [5.41, 5.74) is 3.58. The summed E-state index contributed by atoms with van der Waals surface area (Å²) in [7, 11) is 1.56. The molecule has 45 heavy (non-hydrogen) atoms. The Balaban J connectivity index is 1.32. The number of nitrogens with one attached hydrogen (secondary N) is 2. The zero-order valence-electron chi connectivity index (χ0n) is 24.9. The normalized spacial score (nSPS) is 11.2. The molecule has 0 unspecified atom stereocenters. The fraction of sp³-hybridized carbons (Fsp3) is 0.250. The molecule has 0 saturated carbocycles. The van der Waals surface area contributed by atoms with Crippen LogP contribution in [0.15, 0.2) is 65.4 Å². The minimum Gasteiger partial charge on any atom is -0.485 e. The van der Waals surface area contributed by atoms with Crippen LogP contribution in [0.4, 0.5) is 5.69 Å². The number of hydrogen-bond acceptors (Lipinski definition) is 6. The Morgan fingerprint density at radius 1 is 1.09 bits per heavy atom. The molecule has 2 N–H and O–H groups in total. The van der Waals surface area contributed by atoms with E-state index >= 15 is 0 Å². The molecule has 4 aromatic rings. The number of aromatic nitrogens is 2. The first-order valence-corrected chi connectivity index (χ1v) is 15.6. The summed E-state index contributed by atoms with van der Waals surface area (Å²) in [6.45, 7) is 5.01. The van der Waals surface area contributed by atoms with Crippen molar-refractivity contribution in [3.63, 3.8) is 0 Å². The molecule has 3 amide bonds. The van der Waals surface area contributed by atoms with Crippen molar-refractivity contribution >= 4 is 74.3 Å². The van der Waals surface area contributed by atoms with Gasteiger partial charge in [0.1, 0.15) is 11.2 Å². The minimum atomic E-state index is -0.458. The number of ether oxygens (including phenoxy) is 2. The van der Waals surface area contributed by atoms with Gasteiger partial charge in [-0.2, -0.15) is 0 Å². The number of fused-ring (bicyclic) bond motifs is 1. The zero-order chi connectivity index (χ0) is 32.5. The monoisotopic (exact) mass is 715 g/mol. The van der Waals surface area contributed by atoms with Gasteiger partial charge in [-0.05, 0) is 77.8 Å². The average Bonchev–Trinajstić information content (AvgIpc) is 3.34. The number of aryl methyl sites for hydroxylation is 1. The van der Waals surface area contributed by atoms with Crippen molar-refractivity contribution in [1.82, 2.24) is 20.0 Å². The van der Waals surface area contributed by atoms with Gasteiger partial charge in [-0.1, -0.05) is 35.3 Å². The summed E-state index contributed by atoms with van der Waals surface area (Å²) in [5, 5.41) is 5.99. The SMILES string of the molecule is CCOCCNC(=O)c1ccc(C=CC(=O)NCC(=O)N(C)c2ccc(Cl)c(COc3cccn4c(Br)c(C)nc34)c2Cl)cc1. The Bertz CT molecular complexity index is 1730. The Morgan fingerprint density at radius 3 is 2.58 bits per heavy atom. The number of amides is 3. The first-order chi connectivity index (χ1) is 21.6. The first-order valence-electron chi connectivity index (χ1n) is 14.0. The summed E-state index contributed by atoms with van der Waals surface area (Å²) in [6.07, 6.45) is 4.77. The topological polar surface area (TPSA) is 114 Å². The lowest BCUT2D eigenvalue weighted by atomic mass is 10.1. The Hall–Kier alpha value is -3.90. The molecule has 0 saturated heterocycles. The van der Waals surface area contributed by atoms with Crippen LogP contribution in [0.3, 0.4) is 0 Å². The molecule has 2 aromatic heterocycles. The Morgan fingerprint density at radius 2 is 1.84 bits per heavy atom. The number of hydrogen-bond donors (Lipinski definition) is 2. The van der Waals surface area contributed by atoms with E-state index in [0.29, 0.717) is 58.6 Å². The van der Waals surface area contributed by atoms with Crippen LogP contribution in [0.25, 0.3) is 11.7 Å². The van der Waals surface area contributed by atoms with Gasteiger partial charge in [0, 0.05) is 48.6 Å². The summed E-state index contributed by atoms with van der Waals surface area (Å²) in [5.74, 6) is -0.517. The van der Waals surface area contributed by atoms with Crippen LogP contribution in [-0.4, -0.2) is 60.5 Å². The van der Waals surface area contributed by atoms with E-state index in [-0.39, 0.29) is 24.1 Å². The maximum Gasteiger partial charge on any atom is 0.251 e. The second kappa shape index (κ2) is 15.9. The third kappa shape index (κ3) is 8.64. The number of anilines is 1. The summed E-state index contributed by atoms with van der Waals surface area (Å²) in [4.78, 5) is 43.4. The molecule has 0 atom stereocenters. The quantitative estimate of drug-likeness (QED) is 0.133. The number of imidazole rings is 1. The zero-order valence-corrected chi connectivity index (χ0v) is 28.0. The smallest absolute Gasteiger partial charge is 0.251 e. The van der Waals surface area contributed by atoms with Crippen molar-refractivity contribution in [1.29, 1.82) is 0 Å². The molecule has 0 spiro atoms. The molecule has 2 aromatic carbocycles. The van der Waals surface area contributed by atoms with Gasteiger partial charge in [0.05, 0.1) is 29.6 Å². The Kier molecular flexibility index (Phi) is 12.0. The van der Waals surface area contributed by atoms with Crippen LogP contribution in [0.2, 0.25) is 10.0 Å². The summed E-state index contributed by atoms with van der Waals surface area (Å²) >= 11 is 16.7. The highest BCUT2D eigenvalue weighted by molar-refractivity contribution is 9.10.